The van der Waals surface area contributed by atoms with E-state index in [4.69, 9.17) is 5.73 Å². The maximum atomic E-state index is 12.2. The summed E-state index contributed by atoms with van der Waals surface area (Å²) in [6.45, 7) is 3.99. The molecule has 0 aliphatic heterocycles. The topological polar surface area (TPSA) is 46.3 Å². The Balaban J connectivity index is 4.59. The van der Waals surface area contributed by atoms with E-state index in [0.717, 1.165) is 4.90 Å². The van der Waals surface area contributed by atoms with Crippen molar-refractivity contribution in [1.29, 1.82) is 0 Å². The third kappa shape index (κ3) is 5.34. The quantitative estimate of drug-likeness (QED) is 0.794. The Morgan fingerprint density at radius 1 is 1.31 bits per heavy atom. The average molecular weight is 240 g/mol. The zero-order chi connectivity index (χ0) is 12.9. The van der Waals surface area contributed by atoms with Gasteiger partial charge in [0.25, 0.3) is 0 Å². The lowest BCUT2D eigenvalue weighted by molar-refractivity contribution is -0.164. The Labute approximate surface area is 93.8 Å². The molecular weight excluding hydrogens is 221 g/mol. The van der Waals surface area contributed by atoms with Crippen molar-refractivity contribution in [2.24, 2.45) is 17.6 Å². The maximum Gasteiger partial charge on any atom is 0.406 e. The van der Waals surface area contributed by atoms with Gasteiger partial charge < -0.3 is 10.6 Å². The molecule has 2 N–H and O–H groups in total. The van der Waals surface area contributed by atoms with Crippen LogP contribution in [0, 0.1) is 11.8 Å². The molecule has 0 saturated carbocycles. The summed E-state index contributed by atoms with van der Waals surface area (Å²) < 4.78 is 36.7. The monoisotopic (exact) mass is 240 g/mol. The summed E-state index contributed by atoms with van der Waals surface area (Å²) in [6.07, 6.45) is -4.37. The summed E-state index contributed by atoms with van der Waals surface area (Å²) in [6, 6.07) is 0. The largest absolute Gasteiger partial charge is 0.406 e. The van der Waals surface area contributed by atoms with Crippen molar-refractivity contribution in [3.63, 3.8) is 0 Å². The van der Waals surface area contributed by atoms with Crippen molar-refractivity contribution < 1.29 is 18.0 Å². The van der Waals surface area contributed by atoms with Gasteiger partial charge in [0.05, 0.1) is 0 Å². The molecule has 0 aromatic heterocycles. The summed E-state index contributed by atoms with van der Waals surface area (Å²) in [5.41, 5.74) is 5.20. The van der Waals surface area contributed by atoms with Gasteiger partial charge in [-0.15, -0.1) is 0 Å². The second-order valence-corrected chi connectivity index (χ2v) is 4.20. The Hall–Kier alpha value is -0.780. The highest BCUT2D eigenvalue weighted by Crippen LogP contribution is 2.19. The van der Waals surface area contributed by atoms with Crippen molar-refractivity contribution >= 4 is 5.91 Å². The Bertz CT molecular complexity index is 229. The Morgan fingerprint density at radius 2 is 1.81 bits per heavy atom. The maximum absolute atomic E-state index is 12.2. The number of nitrogens with two attached hydrogens (primary N) is 1. The van der Waals surface area contributed by atoms with E-state index in [-0.39, 0.29) is 19.0 Å². The molecule has 1 unspecified atom stereocenters. The number of carbonyl (C=O) groups excluding carboxylic acids is 1. The van der Waals surface area contributed by atoms with E-state index in [2.05, 4.69) is 0 Å². The molecule has 16 heavy (non-hydrogen) atoms. The van der Waals surface area contributed by atoms with Gasteiger partial charge in [-0.05, 0) is 5.92 Å². The molecule has 0 spiro atoms. The molecule has 96 valence electrons. The first-order valence-electron chi connectivity index (χ1n) is 5.24. The molecule has 0 rings (SSSR count). The number of rotatable bonds is 5. The number of hydrogen-bond donors (Lipinski definition) is 1. The van der Waals surface area contributed by atoms with Crippen molar-refractivity contribution in [2.45, 2.75) is 26.9 Å². The van der Waals surface area contributed by atoms with Gasteiger partial charge in [-0.1, -0.05) is 20.8 Å². The van der Waals surface area contributed by atoms with Gasteiger partial charge in [0.15, 0.2) is 0 Å². The number of hydrogen-bond acceptors (Lipinski definition) is 2. The van der Waals surface area contributed by atoms with Gasteiger partial charge >= 0.3 is 6.18 Å². The van der Waals surface area contributed by atoms with Crippen LogP contribution >= 0.6 is 0 Å². The first kappa shape index (κ1) is 15.2. The lowest BCUT2D eigenvalue weighted by atomic mass is 9.96. The molecule has 1 amide bonds. The van der Waals surface area contributed by atoms with Gasteiger partial charge in [0, 0.05) is 19.0 Å². The van der Waals surface area contributed by atoms with E-state index < -0.39 is 24.5 Å². The van der Waals surface area contributed by atoms with Crippen LogP contribution in [0.15, 0.2) is 0 Å². The predicted octanol–water partition coefficient (Wildman–Crippen LogP) is 1.63. The lowest BCUT2D eigenvalue weighted by Gasteiger charge is -2.27. The van der Waals surface area contributed by atoms with Gasteiger partial charge in [-0.25, -0.2) is 0 Å². The molecule has 0 radical (unpaired) electrons. The fraction of sp³-hybridized carbons (Fsp3) is 0.900. The van der Waals surface area contributed by atoms with E-state index >= 15 is 0 Å². The van der Waals surface area contributed by atoms with Crippen molar-refractivity contribution in [3.05, 3.63) is 0 Å². The highest BCUT2D eigenvalue weighted by Gasteiger charge is 2.34. The van der Waals surface area contributed by atoms with Gasteiger partial charge in [-0.3, -0.25) is 4.79 Å². The number of halogens is 3. The molecule has 1 atom stereocenters. The first-order valence-corrected chi connectivity index (χ1v) is 5.24. The number of nitrogens with zero attached hydrogens (tertiary/aromatic N) is 1. The minimum absolute atomic E-state index is 0.0148. The minimum atomic E-state index is -4.37. The molecule has 0 aliphatic carbocycles. The third-order valence-corrected chi connectivity index (χ3v) is 2.47. The van der Waals surface area contributed by atoms with E-state index in [1.165, 1.54) is 0 Å². The van der Waals surface area contributed by atoms with Gasteiger partial charge in [0.2, 0.25) is 5.91 Å². The molecule has 0 saturated heterocycles. The first-order chi connectivity index (χ1) is 7.19. The van der Waals surface area contributed by atoms with Crippen LogP contribution in [0.3, 0.4) is 0 Å². The predicted molar refractivity (Wildman–Crippen MR) is 55.7 cm³/mol. The van der Waals surface area contributed by atoms with E-state index in [1.54, 1.807) is 20.8 Å². The minimum Gasteiger partial charge on any atom is -0.332 e. The van der Waals surface area contributed by atoms with Crippen LogP contribution < -0.4 is 5.73 Å². The van der Waals surface area contributed by atoms with E-state index in [0.29, 0.717) is 0 Å². The van der Waals surface area contributed by atoms with Crippen molar-refractivity contribution in [3.8, 4) is 0 Å². The number of alkyl halides is 3. The zero-order valence-corrected chi connectivity index (χ0v) is 9.84. The third-order valence-electron chi connectivity index (χ3n) is 2.47. The average Bonchev–Trinajstić information content (AvgIpc) is 2.12. The molecule has 0 aliphatic rings. The molecule has 0 fully saturated rings. The van der Waals surface area contributed by atoms with Crippen molar-refractivity contribution in [2.75, 3.05) is 19.6 Å². The Kier molecular flexibility index (Phi) is 5.78. The number of amides is 1. The summed E-state index contributed by atoms with van der Waals surface area (Å²) in [5.74, 6) is -0.896. The van der Waals surface area contributed by atoms with Crippen LogP contribution in [0.1, 0.15) is 20.8 Å². The standard InChI is InChI=1S/C10H19F3N2O/c1-7(2)8(3)9(16)15(5-4-14)6-10(11,12)13/h7-8H,4-6,14H2,1-3H3. The second kappa shape index (κ2) is 6.08. The Morgan fingerprint density at radius 3 is 2.12 bits per heavy atom. The molecule has 0 aromatic rings. The van der Waals surface area contributed by atoms with Crippen molar-refractivity contribution in [1.82, 2.24) is 4.90 Å². The summed E-state index contributed by atoms with van der Waals surface area (Å²) in [5, 5.41) is 0. The molecule has 0 heterocycles. The van der Waals surface area contributed by atoms with Crippen LogP contribution in [0.5, 0.6) is 0 Å². The highest BCUT2D eigenvalue weighted by atomic mass is 19.4. The van der Waals surface area contributed by atoms with Gasteiger partial charge in [-0.2, -0.15) is 13.2 Å². The van der Waals surface area contributed by atoms with Crippen LogP contribution in [0.25, 0.3) is 0 Å². The number of carbonyl (C=O) groups is 1. The molecular formula is C10H19F3N2O. The summed E-state index contributed by atoms with van der Waals surface area (Å²) >= 11 is 0. The fourth-order valence-corrected chi connectivity index (χ4v) is 1.21. The van der Waals surface area contributed by atoms with E-state index in [9.17, 15) is 18.0 Å². The van der Waals surface area contributed by atoms with Crippen LogP contribution in [0.2, 0.25) is 0 Å². The van der Waals surface area contributed by atoms with Gasteiger partial charge in [0.1, 0.15) is 6.54 Å². The van der Waals surface area contributed by atoms with Crippen LogP contribution in [0.4, 0.5) is 13.2 Å². The smallest absolute Gasteiger partial charge is 0.332 e. The molecule has 0 aromatic carbocycles. The summed E-state index contributed by atoms with van der Waals surface area (Å²) in [7, 11) is 0. The normalized spacial score (nSPS) is 14.0. The van der Waals surface area contributed by atoms with E-state index in [1.807, 2.05) is 0 Å². The molecule has 3 nitrogen and oxygen atoms in total. The molecule has 6 heteroatoms. The SMILES string of the molecule is CC(C)C(C)C(=O)N(CCN)CC(F)(F)F. The lowest BCUT2D eigenvalue weighted by Crippen LogP contribution is -2.45. The summed E-state index contributed by atoms with van der Waals surface area (Å²) in [4.78, 5) is 12.5. The second-order valence-electron chi connectivity index (χ2n) is 4.20. The highest BCUT2D eigenvalue weighted by molar-refractivity contribution is 5.78. The van der Waals surface area contributed by atoms with Crippen LogP contribution in [-0.2, 0) is 4.79 Å². The zero-order valence-electron chi connectivity index (χ0n) is 9.84. The van der Waals surface area contributed by atoms with Crippen LogP contribution in [-0.4, -0.2) is 36.6 Å². The molecule has 0 bridgehead atoms. The fourth-order valence-electron chi connectivity index (χ4n) is 1.21.